The Morgan fingerprint density at radius 2 is 2.24 bits per heavy atom. The van der Waals surface area contributed by atoms with E-state index < -0.39 is 43.7 Å². The first-order chi connectivity index (χ1) is 11.9. The number of nitrogens with zero attached hydrogens (tertiary/aromatic N) is 1. The topological polar surface area (TPSA) is 112 Å². The van der Waals surface area contributed by atoms with Gasteiger partial charge >= 0.3 is 142 Å². The van der Waals surface area contributed by atoms with Crippen LogP contribution in [0.25, 0.3) is 0 Å². The van der Waals surface area contributed by atoms with Crippen molar-refractivity contribution in [3.63, 3.8) is 0 Å². The quantitative estimate of drug-likeness (QED) is 0.559. The minimum atomic E-state index is -3.74. The summed E-state index contributed by atoms with van der Waals surface area (Å²) in [5.74, 6) is -1.08. The molecule has 2 fully saturated rings. The van der Waals surface area contributed by atoms with Gasteiger partial charge in [0.1, 0.15) is 0 Å². The molecule has 1 aromatic heterocycles. The molecule has 142 valence electrons. The number of hydrogen-bond donors (Lipinski definition) is 2. The average Bonchev–Trinajstić information content (AvgIpc) is 2.97. The van der Waals surface area contributed by atoms with Crippen LogP contribution >= 0.6 is 8.17 Å². The van der Waals surface area contributed by atoms with Crippen molar-refractivity contribution in [1.29, 1.82) is 0 Å². The number of fused-ring (bicyclic) bond motifs is 1. The molecule has 25 heavy (non-hydrogen) atoms. The Balaban J connectivity index is 1.65. The first-order valence-corrected chi connectivity index (χ1v) is 9.93. The monoisotopic (exact) mass is 380 g/mol. The Kier molecular flexibility index (Phi) is 5.67. The molecule has 0 bridgehead atoms. The number of aromatic amines is 1. The van der Waals surface area contributed by atoms with Crippen LogP contribution in [0.5, 0.6) is 0 Å². The third kappa shape index (κ3) is 4.16. The standard InChI is InChI=1S/C14H22FN2O7P/c1-2-3-4-5-21-25(20)22-8-11-10(24-25)6-12(23-11)17-7-9(15)13(18)16-14(17)19/h7,10-12,20,25H,2-6,8H2,1H3,(H,16,18,19)/t10-,11+,12+/m0/s1. The van der Waals surface area contributed by atoms with Gasteiger partial charge in [-0.25, -0.2) is 0 Å². The summed E-state index contributed by atoms with van der Waals surface area (Å²) in [5.41, 5.74) is -1.86. The van der Waals surface area contributed by atoms with E-state index in [0.29, 0.717) is 6.61 Å². The molecular weight excluding hydrogens is 358 g/mol. The van der Waals surface area contributed by atoms with E-state index in [9.17, 15) is 18.9 Å². The molecule has 2 aliphatic heterocycles. The fraction of sp³-hybridized carbons (Fsp3) is 0.714. The molecule has 2 saturated heterocycles. The van der Waals surface area contributed by atoms with Crippen LogP contribution in [0.2, 0.25) is 0 Å². The molecular formula is C14H22FN2O7P. The number of rotatable bonds is 6. The van der Waals surface area contributed by atoms with Gasteiger partial charge < -0.3 is 0 Å². The Morgan fingerprint density at radius 3 is 3.00 bits per heavy atom. The summed E-state index contributed by atoms with van der Waals surface area (Å²) < 4.78 is 36.3. The van der Waals surface area contributed by atoms with Gasteiger partial charge in [0.2, 0.25) is 0 Å². The number of halogens is 1. The van der Waals surface area contributed by atoms with Gasteiger partial charge in [-0.2, -0.15) is 0 Å². The molecule has 0 spiro atoms. The summed E-state index contributed by atoms with van der Waals surface area (Å²) in [7, 11) is -3.74. The second kappa shape index (κ2) is 7.61. The zero-order valence-corrected chi connectivity index (χ0v) is 14.8. The Hall–Kier alpha value is -1.16. The average molecular weight is 380 g/mol. The van der Waals surface area contributed by atoms with E-state index in [1.807, 2.05) is 4.98 Å². The maximum absolute atomic E-state index is 13.4. The Labute approximate surface area is 143 Å². The Morgan fingerprint density at radius 1 is 1.44 bits per heavy atom. The van der Waals surface area contributed by atoms with Gasteiger partial charge in [0, 0.05) is 0 Å². The van der Waals surface area contributed by atoms with E-state index in [-0.39, 0.29) is 13.0 Å². The van der Waals surface area contributed by atoms with Crippen LogP contribution in [-0.2, 0) is 18.3 Å². The van der Waals surface area contributed by atoms with Crippen molar-refractivity contribution in [2.24, 2.45) is 0 Å². The van der Waals surface area contributed by atoms with Crippen LogP contribution in [0.15, 0.2) is 15.8 Å². The predicted octanol–water partition coefficient (Wildman–Crippen LogP) is 0.988. The molecule has 3 heterocycles. The van der Waals surface area contributed by atoms with Crippen molar-refractivity contribution >= 4 is 8.17 Å². The minimum absolute atomic E-state index is 0.0538. The second-order valence-corrected chi connectivity index (χ2v) is 7.92. The molecule has 1 aromatic rings. The molecule has 9 nitrogen and oxygen atoms in total. The molecule has 0 aromatic carbocycles. The van der Waals surface area contributed by atoms with Crippen molar-refractivity contribution in [2.75, 3.05) is 13.2 Å². The number of hydrogen-bond acceptors (Lipinski definition) is 7. The van der Waals surface area contributed by atoms with Crippen LogP contribution in [0, 0.1) is 5.82 Å². The van der Waals surface area contributed by atoms with Crippen molar-refractivity contribution in [1.82, 2.24) is 9.55 Å². The summed E-state index contributed by atoms with van der Waals surface area (Å²) in [4.78, 5) is 35.2. The molecule has 0 amide bonds. The summed E-state index contributed by atoms with van der Waals surface area (Å²) in [6.45, 7) is 2.45. The molecule has 0 radical (unpaired) electrons. The number of H-pyrrole nitrogens is 1. The molecule has 0 saturated carbocycles. The maximum atomic E-state index is 13.4. The number of nitrogens with one attached hydrogen (secondary N) is 1. The fourth-order valence-corrected chi connectivity index (χ4v) is 4.49. The van der Waals surface area contributed by atoms with E-state index in [0.717, 1.165) is 30.0 Å². The van der Waals surface area contributed by atoms with E-state index in [1.54, 1.807) is 0 Å². The first-order valence-electron chi connectivity index (χ1n) is 8.26. The van der Waals surface area contributed by atoms with Crippen molar-refractivity contribution in [3.05, 3.63) is 32.9 Å². The number of aromatic nitrogens is 2. The second-order valence-electron chi connectivity index (χ2n) is 6.06. The fourth-order valence-electron chi connectivity index (χ4n) is 2.86. The van der Waals surface area contributed by atoms with E-state index >= 15 is 0 Å². The third-order valence-electron chi connectivity index (χ3n) is 4.18. The van der Waals surface area contributed by atoms with Gasteiger partial charge in [0.05, 0.1) is 0 Å². The van der Waals surface area contributed by atoms with Crippen LogP contribution in [0.4, 0.5) is 4.39 Å². The van der Waals surface area contributed by atoms with E-state index in [1.165, 1.54) is 0 Å². The zero-order chi connectivity index (χ0) is 18.0. The molecule has 2 N–H and O–H groups in total. The van der Waals surface area contributed by atoms with Crippen molar-refractivity contribution < 1.29 is 27.6 Å². The van der Waals surface area contributed by atoms with Gasteiger partial charge in [-0.15, -0.1) is 0 Å². The predicted molar refractivity (Wildman–Crippen MR) is 86.6 cm³/mol. The molecule has 3 rings (SSSR count). The SMILES string of the molecule is CCCCCO[PH]1(O)OC[C@H]2O[C@@H](n3cc(F)c(=O)[nH]c3=O)C[C@@H]2O1. The first kappa shape index (κ1) is 18.6. The normalized spacial score (nSPS) is 29.3. The summed E-state index contributed by atoms with van der Waals surface area (Å²) in [6.07, 6.45) is 1.91. The number of unbranched alkanes of at least 4 members (excludes halogenated alkanes) is 2. The van der Waals surface area contributed by atoms with E-state index in [4.69, 9.17) is 18.3 Å². The van der Waals surface area contributed by atoms with Crippen LogP contribution in [-0.4, -0.2) is 39.9 Å². The molecule has 3 atom stereocenters. The van der Waals surface area contributed by atoms with Crippen molar-refractivity contribution in [2.45, 2.75) is 51.0 Å². The third-order valence-corrected chi connectivity index (χ3v) is 5.88. The summed E-state index contributed by atoms with van der Waals surface area (Å²) in [5, 5.41) is 0. The molecule has 0 aliphatic carbocycles. The molecule has 0 unspecified atom stereocenters. The van der Waals surface area contributed by atoms with Crippen LogP contribution < -0.4 is 11.2 Å². The van der Waals surface area contributed by atoms with E-state index in [2.05, 4.69) is 6.92 Å². The summed E-state index contributed by atoms with van der Waals surface area (Å²) >= 11 is 0. The molecule has 2 aliphatic rings. The number of ether oxygens (including phenoxy) is 1. The van der Waals surface area contributed by atoms with Crippen LogP contribution in [0.1, 0.15) is 38.8 Å². The summed E-state index contributed by atoms with van der Waals surface area (Å²) in [6, 6.07) is 0. The van der Waals surface area contributed by atoms with Crippen molar-refractivity contribution in [3.8, 4) is 0 Å². The van der Waals surface area contributed by atoms with Gasteiger partial charge in [-0.05, 0) is 0 Å². The van der Waals surface area contributed by atoms with Gasteiger partial charge in [-0.3, -0.25) is 0 Å². The van der Waals surface area contributed by atoms with Gasteiger partial charge in [0.15, 0.2) is 0 Å². The molecule has 11 heteroatoms. The van der Waals surface area contributed by atoms with Crippen LogP contribution in [0.3, 0.4) is 0 Å². The Bertz CT molecular complexity index is 726. The van der Waals surface area contributed by atoms with Gasteiger partial charge in [0.25, 0.3) is 0 Å². The zero-order valence-electron chi connectivity index (χ0n) is 13.8. The van der Waals surface area contributed by atoms with Gasteiger partial charge in [-0.1, -0.05) is 0 Å².